The minimum absolute atomic E-state index is 0.423. The Hall–Kier alpha value is -0.800. The van der Waals surface area contributed by atoms with E-state index in [1.165, 1.54) is 18.2 Å². The lowest BCUT2D eigenvalue weighted by molar-refractivity contribution is -0.138. The van der Waals surface area contributed by atoms with E-state index in [2.05, 4.69) is 0 Å². The van der Waals surface area contributed by atoms with Crippen molar-refractivity contribution < 1.29 is 14.3 Å². The maximum absolute atomic E-state index is 12.9. The van der Waals surface area contributed by atoms with Crippen LogP contribution in [0.4, 0.5) is 4.39 Å². The van der Waals surface area contributed by atoms with Gasteiger partial charge in [-0.2, -0.15) is 0 Å². The van der Waals surface area contributed by atoms with E-state index in [4.69, 9.17) is 28.3 Å². The second-order valence-electron chi connectivity index (χ2n) is 3.52. The fourth-order valence-electron chi connectivity index (χ4n) is 1.75. The van der Waals surface area contributed by atoms with E-state index in [-0.39, 0.29) is 0 Å². The molecule has 1 aromatic carbocycles. The Labute approximate surface area is 95.6 Å². The van der Waals surface area contributed by atoms with Crippen molar-refractivity contribution in [1.29, 1.82) is 0 Å². The summed E-state index contributed by atoms with van der Waals surface area (Å²) in [6, 6.07) is 5.67. The molecule has 0 amide bonds. The topological polar surface area (TPSA) is 37.3 Å². The SMILES string of the molecule is O=C(O)C1C(c2cccc(F)c2)C1(Cl)Cl. The summed E-state index contributed by atoms with van der Waals surface area (Å²) in [6.07, 6.45) is 0. The predicted molar refractivity (Wildman–Crippen MR) is 54.7 cm³/mol. The Morgan fingerprint density at radius 2 is 2.13 bits per heavy atom. The maximum atomic E-state index is 12.9. The first kappa shape index (κ1) is 10.7. The summed E-state index contributed by atoms with van der Waals surface area (Å²) >= 11 is 11.6. The molecule has 0 spiro atoms. The number of aliphatic carboxylic acids is 1. The van der Waals surface area contributed by atoms with Crippen LogP contribution in [0.2, 0.25) is 0 Å². The summed E-state index contributed by atoms with van der Waals surface area (Å²) in [5, 5.41) is 8.83. The lowest BCUT2D eigenvalue weighted by atomic mass is 10.1. The number of halogens is 3. The van der Waals surface area contributed by atoms with Crippen LogP contribution in [-0.2, 0) is 4.79 Å². The van der Waals surface area contributed by atoms with Gasteiger partial charge in [0.1, 0.15) is 10.2 Å². The van der Waals surface area contributed by atoms with Crippen LogP contribution in [0.1, 0.15) is 11.5 Å². The monoisotopic (exact) mass is 248 g/mol. The van der Waals surface area contributed by atoms with Crippen LogP contribution in [-0.4, -0.2) is 15.4 Å². The molecule has 1 aromatic rings. The van der Waals surface area contributed by atoms with E-state index < -0.39 is 28.0 Å². The minimum atomic E-state index is -1.32. The minimum Gasteiger partial charge on any atom is -0.481 e. The molecule has 2 rings (SSSR count). The van der Waals surface area contributed by atoms with E-state index in [0.717, 1.165) is 0 Å². The van der Waals surface area contributed by atoms with Crippen molar-refractivity contribution in [3.8, 4) is 0 Å². The second kappa shape index (κ2) is 3.35. The highest BCUT2D eigenvalue weighted by molar-refractivity contribution is 6.53. The van der Waals surface area contributed by atoms with Crippen LogP contribution >= 0.6 is 23.2 Å². The molecule has 1 aliphatic rings. The highest BCUT2D eigenvalue weighted by Crippen LogP contribution is 2.64. The number of alkyl halides is 2. The summed E-state index contributed by atoms with van der Waals surface area (Å²) in [5.41, 5.74) is 0.521. The molecule has 0 radical (unpaired) electrons. The molecule has 2 unspecified atom stereocenters. The predicted octanol–water partition coefficient (Wildman–Crippen LogP) is 2.80. The van der Waals surface area contributed by atoms with Gasteiger partial charge >= 0.3 is 5.97 Å². The first-order valence-electron chi connectivity index (χ1n) is 4.30. The molecule has 5 heteroatoms. The van der Waals surface area contributed by atoms with Gasteiger partial charge in [-0.25, -0.2) is 4.39 Å². The molecular formula is C10H7Cl2FO2. The summed E-state index contributed by atoms with van der Waals surface area (Å²) in [5.74, 6) is -2.88. The van der Waals surface area contributed by atoms with Crippen molar-refractivity contribution in [2.45, 2.75) is 10.3 Å². The standard InChI is InChI=1S/C10H7Cl2FO2/c11-10(12)7(8(10)9(14)15)5-2-1-3-6(13)4-5/h1-4,7-8H,(H,14,15). The molecule has 0 bridgehead atoms. The first-order valence-corrected chi connectivity index (χ1v) is 5.06. The Kier molecular flexibility index (Phi) is 2.40. The Morgan fingerprint density at radius 1 is 1.47 bits per heavy atom. The van der Waals surface area contributed by atoms with Crippen LogP contribution in [0.15, 0.2) is 24.3 Å². The highest BCUT2D eigenvalue weighted by atomic mass is 35.5. The number of carboxylic acid groups (broad SMARTS) is 1. The van der Waals surface area contributed by atoms with E-state index in [1.54, 1.807) is 6.07 Å². The van der Waals surface area contributed by atoms with Gasteiger partial charge in [-0.3, -0.25) is 4.79 Å². The zero-order valence-electron chi connectivity index (χ0n) is 7.45. The number of hydrogen-bond acceptors (Lipinski definition) is 1. The van der Waals surface area contributed by atoms with Gasteiger partial charge < -0.3 is 5.11 Å². The molecule has 15 heavy (non-hydrogen) atoms. The third kappa shape index (κ3) is 1.70. The molecule has 0 aliphatic heterocycles. The van der Waals surface area contributed by atoms with Gasteiger partial charge in [0.25, 0.3) is 0 Å². The Morgan fingerprint density at radius 3 is 2.60 bits per heavy atom. The third-order valence-corrected chi connectivity index (χ3v) is 3.47. The average molecular weight is 249 g/mol. The molecule has 2 nitrogen and oxygen atoms in total. The van der Waals surface area contributed by atoms with Crippen LogP contribution in [0, 0.1) is 11.7 Å². The molecule has 1 fully saturated rings. The molecular weight excluding hydrogens is 242 g/mol. The van der Waals surface area contributed by atoms with E-state index in [9.17, 15) is 9.18 Å². The number of carbonyl (C=O) groups is 1. The first-order chi connectivity index (χ1) is 6.94. The quantitative estimate of drug-likeness (QED) is 0.818. The molecule has 1 N–H and O–H groups in total. The summed E-state index contributed by atoms with van der Waals surface area (Å²) < 4.78 is 11.6. The molecule has 0 aromatic heterocycles. The van der Waals surface area contributed by atoms with Crippen LogP contribution in [0.25, 0.3) is 0 Å². The lowest BCUT2D eigenvalue weighted by Gasteiger charge is -1.99. The summed E-state index contributed by atoms with van der Waals surface area (Å²) in [6.45, 7) is 0. The van der Waals surface area contributed by atoms with Gasteiger partial charge in [0.2, 0.25) is 0 Å². The van der Waals surface area contributed by atoms with Gasteiger partial charge in [-0.05, 0) is 17.7 Å². The lowest BCUT2D eigenvalue weighted by Crippen LogP contribution is -2.03. The van der Waals surface area contributed by atoms with Crippen molar-refractivity contribution in [3.63, 3.8) is 0 Å². The van der Waals surface area contributed by atoms with Crippen molar-refractivity contribution in [1.82, 2.24) is 0 Å². The zero-order chi connectivity index (χ0) is 11.2. The molecule has 0 saturated heterocycles. The highest BCUT2D eigenvalue weighted by Gasteiger charge is 2.68. The van der Waals surface area contributed by atoms with Crippen molar-refractivity contribution >= 4 is 29.2 Å². The van der Waals surface area contributed by atoms with Crippen LogP contribution < -0.4 is 0 Å². The fourth-order valence-corrected chi connectivity index (χ4v) is 2.57. The van der Waals surface area contributed by atoms with Crippen molar-refractivity contribution in [2.24, 2.45) is 5.92 Å². The Bertz CT molecular complexity index is 420. The van der Waals surface area contributed by atoms with Gasteiger partial charge in [0.05, 0.1) is 5.92 Å². The normalized spacial score (nSPS) is 27.4. The average Bonchev–Trinajstić information content (AvgIpc) is 2.69. The molecule has 0 heterocycles. The van der Waals surface area contributed by atoms with Crippen molar-refractivity contribution in [2.75, 3.05) is 0 Å². The largest absolute Gasteiger partial charge is 0.481 e. The number of rotatable bonds is 2. The van der Waals surface area contributed by atoms with Gasteiger partial charge in [-0.15, -0.1) is 0 Å². The number of benzene rings is 1. The van der Waals surface area contributed by atoms with Crippen LogP contribution in [0.5, 0.6) is 0 Å². The number of hydrogen-bond donors (Lipinski definition) is 1. The van der Waals surface area contributed by atoms with E-state index in [0.29, 0.717) is 5.56 Å². The van der Waals surface area contributed by atoms with Crippen LogP contribution in [0.3, 0.4) is 0 Å². The smallest absolute Gasteiger partial charge is 0.310 e. The zero-order valence-corrected chi connectivity index (χ0v) is 8.97. The van der Waals surface area contributed by atoms with Gasteiger partial charge in [0, 0.05) is 5.92 Å². The Balaban J connectivity index is 2.31. The fraction of sp³-hybridized carbons (Fsp3) is 0.300. The molecule has 1 aliphatic carbocycles. The van der Waals surface area contributed by atoms with Crippen molar-refractivity contribution in [3.05, 3.63) is 35.6 Å². The molecule has 2 atom stereocenters. The number of carboxylic acids is 1. The maximum Gasteiger partial charge on any atom is 0.310 e. The summed E-state index contributed by atoms with van der Waals surface area (Å²) in [7, 11) is 0. The summed E-state index contributed by atoms with van der Waals surface area (Å²) in [4.78, 5) is 10.8. The molecule has 80 valence electrons. The molecule has 1 saturated carbocycles. The van der Waals surface area contributed by atoms with Gasteiger partial charge in [0.15, 0.2) is 0 Å². The van der Waals surface area contributed by atoms with E-state index in [1.807, 2.05) is 0 Å². The third-order valence-electron chi connectivity index (χ3n) is 2.53. The second-order valence-corrected chi connectivity index (χ2v) is 4.97. The van der Waals surface area contributed by atoms with E-state index >= 15 is 0 Å². The van der Waals surface area contributed by atoms with Gasteiger partial charge in [-0.1, -0.05) is 35.3 Å².